The monoisotopic (exact) mass is 271 g/mol. The summed E-state index contributed by atoms with van der Waals surface area (Å²) in [5.74, 6) is 0.667. The lowest BCUT2D eigenvalue weighted by Gasteiger charge is -2.03. The van der Waals surface area contributed by atoms with E-state index in [-0.39, 0.29) is 12.5 Å². The third-order valence-corrected chi connectivity index (χ3v) is 2.55. The van der Waals surface area contributed by atoms with E-state index in [9.17, 15) is 4.79 Å². The fourth-order valence-corrected chi connectivity index (χ4v) is 1.57. The minimum atomic E-state index is -0.227. The molecular formula is C10H9N9O. The number of tetrazole rings is 2. The molecule has 0 aliphatic heterocycles. The number of rotatable bonds is 4. The van der Waals surface area contributed by atoms with Crippen LogP contribution in [0.1, 0.15) is 16.2 Å². The molecule has 0 radical (unpaired) electrons. The molecule has 0 spiro atoms. The predicted octanol–water partition coefficient (Wildman–Crippen LogP) is -0.690. The van der Waals surface area contributed by atoms with Gasteiger partial charge in [-0.25, -0.2) is 0 Å². The maximum atomic E-state index is 11.9. The number of nitrogens with zero attached hydrogens (tertiary/aromatic N) is 6. The first kappa shape index (κ1) is 11.9. The van der Waals surface area contributed by atoms with Crippen molar-refractivity contribution >= 4 is 5.91 Å². The summed E-state index contributed by atoms with van der Waals surface area (Å²) in [5.41, 5.74) is 1.29. The highest BCUT2D eigenvalue weighted by Gasteiger charge is 2.08. The van der Waals surface area contributed by atoms with Crippen LogP contribution >= 0.6 is 0 Å². The van der Waals surface area contributed by atoms with Crippen LogP contribution in [0.3, 0.4) is 0 Å². The highest BCUT2D eigenvalue weighted by atomic mass is 16.1. The zero-order valence-corrected chi connectivity index (χ0v) is 10.1. The van der Waals surface area contributed by atoms with E-state index in [1.807, 2.05) is 0 Å². The third-order valence-electron chi connectivity index (χ3n) is 2.55. The number of H-pyrrole nitrogens is 2. The number of aromatic nitrogens is 8. The molecule has 2 aromatic heterocycles. The van der Waals surface area contributed by atoms with Crippen molar-refractivity contribution in [2.45, 2.75) is 6.54 Å². The highest BCUT2D eigenvalue weighted by molar-refractivity contribution is 5.94. The molecule has 10 nitrogen and oxygen atoms in total. The zero-order valence-electron chi connectivity index (χ0n) is 10.1. The normalized spacial score (nSPS) is 10.4. The van der Waals surface area contributed by atoms with Crippen LogP contribution in [0.25, 0.3) is 11.4 Å². The van der Waals surface area contributed by atoms with E-state index in [2.05, 4.69) is 46.6 Å². The lowest BCUT2D eigenvalue weighted by atomic mass is 10.1. The molecule has 0 aliphatic carbocycles. The van der Waals surface area contributed by atoms with Gasteiger partial charge >= 0.3 is 0 Å². The Bertz CT molecular complexity index is 674. The third kappa shape index (κ3) is 2.48. The van der Waals surface area contributed by atoms with E-state index in [1.54, 1.807) is 24.3 Å². The van der Waals surface area contributed by atoms with Crippen LogP contribution in [-0.4, -0.2) is 47.2 Å². The van der Waals surface area contributed by atoms with Crippen LogP contribution in [0.2, 0.25) is 0 Å². The lowest BCUT2D eigenvalue weighted by molar-refractivity contribution is 0.0950. The molecule has 100 valence electrons. The maximum absolute atomic E-state index is 11.9. The van der Waals surface area contributed by atoms with E-state index in [0.29, 0.717) is 17.2 Å². The molecule has 0 bridgehead atoms. The van der Waals surface area contributed by atoms with Gasteiger partial charge in [0.25, 0.3) is 5.91 Å². The van der Waals surface area contributed by atoms with E-state index in [0.717, 1.165) is 5.56 Å². The van der Waals surface area contributed by atoms with Crippen LogP contribution < -0.4 is 5.32 Å². The molecular weight excluding hydrogens is 262 g/mol. The van der Waals surface area contributed by atoms with Crippen molar-refractivity contribution in [3.05, 3.63) is 35.7 Å². The van der Waals surface area contributed by atoms with Gasteiger partial charge in [-0.15, -0.1) is 20.4 Å². The summed E-state index contributed by atoms with van der Waals surface area (Å²) in [6.07, 6.45) is 0. The second kappa shape index (κ2) is 5.22. The molecule has 1 aromatic carbocycles. The maximum Gasteiger partial charge on any atom is 0.251 e. The second-order valence-electron chi connectivity index (χ2n) is 3.82. The average molecular weight is 271 g/mol. The Hall–Kier alpha value is -3.17. The van der Waals surface area contributed by atoms with Gasteiger partial charge in [-0.2, -0.15) is 10.4 Å². The van der Waals surface area contributed by atoms with Gasteiger partial charge in [0, 0.05) is 11.1 Å². The number of hydrogen-bond donors (Lipinski definition) is 3. The fraction of sp³-hybridized carbons (Fsp3) is 0.100. The molecule has 0 saturated carbocycles. The van der Waals surface area contributed by atoms with Gasteiger partial charge in [0.2, 0.25) is 5.82 Å². The molecule has 2 heterocycles. The van der Waals surface area contributed by atoms with Crippen LogP contribution in [0.4, 0.5) is 0 Å². The smallest absolute Gasteiger partial charge is 0.251 e. The van der Waals surface area contributed by atoms with Crippen molar-refractivity contribution in [3.63, 3.8) is 0 Å². The standard InChI is InChI=1S/C10H9N9O/c20-10(11-5-8-12-16-17-13-8)7-3-1-6(2-4-7)9-14-18-19-15-9/h1-4H,5H2,(H,11,20)(H,12,13,16,17)(H,14,15,18,19). The van der Waals surface area contributed by atoms with E-state index >= 15 is 0 Å². The lowest BCUT2D eigenvalue weighted by Crippen LogP contribution is -2.23. The molecule has 0 fully saturated rings. The van der Waals surface area contributed by atoms with Crippen LogP contribution in [-0.2, 0) is 6.54 Å². The quantitative estimate of drug-likeness (QED) is 0.570. The van der Waals surface area contributed by atoms with Crippen molar-refractivity contribution in [1.29, 1.82) is 0 Å². The minimum absolute atomic E-state index is 0.210. The van der Waals surface area contributed by atoms with Crippen molar-refractivity contribution < 1.29 is 4.79 Å². The van der Waals surface area contributed by atoms with E-state index in [1.165, 1.54) is 0 Å². The summed E-state index contributed by atoms with van der Waals surface area (Å²) in [5, 5.41) is 29.4. The minimum Gasteiger partial charge on any atom is -0.345 e. The van der Waals surface area contributed by atoms with Crippen LogP contribution in [0, 0.1) is 0 Å². The molecule has 0 saturated heterocycles. The van der Waals surface area contributed by atoms with Crippen molar-refractivity contribution in [2.75, 3.05) is 0 Å². The second-order valence-corrected chi connectivity index (χ2v) is 3.82. The molecule has 0 aliphatic rings. The number of carbonyl (C=O) groups excluding carboxylic acids is 1. The molecule has 1 amide bonds. The number of aromatic amines is 2. The number of carbonyl (C=O) groups is 1. The van der Waals surface area contributed by atoms with Gasteiger partial charge in [0.15, 0.2) is 5.82 Å². The number of amides is 1. The first-order chi connectivity index (χ1) is 9.83. The van der Waals surface area contributed by atoms with Crippen molar-refractivity contribution in [2.24, 2.45) is 0 Å². The summed E-state index contributed by atoms with van der Waals surface area (Å²) in [4.78, 5) is 11.9. The summed E-state index contributed by atoms with van der Waals surface area (Å²) in [7, 11) is 0. The molecule has 3 N–H and O–H groups in total. The van der Waals surface area contributed by atoms with Gasteiger partial charge in [0.05, 0.1) is 6.54 Å². The molecule has 3 aromatic rings. The zero-order chi connectivity index (χ0) is 13.8. The number of hydrogen-bond acceptors (Lipinski definition) is 7. The van der Waals surface area contributed by atoms with E-state index in [4.69, 9.17) is 0 Å². The number of benzene rings is 1. The average Bonchev–Trinajstić information content (AvgIpc) is 3.18. The van der Waals surface area contributed by atoms with Crippen LogP contribution in [0.15, 0.2) is 24.3 Å². The molecule has 20 heavy (non-hydrogen) atoms. The van der Waals surface area contributed by atoms with Gasteiger partial charge in [-0.05, 0) is 17.3 Å². The Kier molecular flexibility index (Phi) is 3.10. The predicted molar refractivity (Wildman–Crippen MR) is 65.0 cm³/mol. The Morgan fingerprint density at radius 2 is 1.80 bits per heavy atom. The first-order valence-corrected chi connectivity index (χ1v) is 5.67. The summed E-state index contributed by atoms with van der Waals surface area (Å²) in [6.45, 7) is 0.210. The largest absolute Gasteiger partial charge is 0.345 e. The Morgan fingerprint density at radius 1 is 1.05 bits per heavy atom. The number of nitrogens with one attached hydrogen (secondary N) is 3. The van der Waals surface area contributed by atoms with Crippen molar-refractivity contribution in [3.8, 4) is 11.4 Å². The molecule has 3 rings (SSSR count). The van der Waals surface area contributed by atoms with Gasteiger partial charge in [-0.1, -0.05) is 17.3 Å². The topological polar surface area (TPSA) is 138 Å². The summed E-state index contributed by atoms with van der Waals surface area (Å²) in [6, 6.07) is 6.84. The van der Waals surface area contributed by atoms with Gasteiger partial charge < -0.3 is 5.32 Å². The Balaban J connectivity index is 1.66. The summed E-state index contributed by atoms with van der Waals surface area (Å²) >= 11 is 0. The van der Waals surface area contributed by atoms with E-state index < -0.39 is 0 Å². The van der Waals surface area contributed by atoms with Gasteiger partial charge in [-0.3, -0.25) is 4.79 Å². The Morgan fingerprint density at radius 3 is 2.45 bits per heavy atom. The fourth-order valence-electron chi connectivity index (χ4n) is 1.57. The highest BCUT2D eigenvalue weighted by Crippen LogP contribution is 2.13. The SMILES string of the molecule is O=C(NCc1nn[nH]n1)c1ccc(-c2nn[nH]n2)cc1. The van der Waals surface area contributed by atoms with Crippen molar-refractivity contribution in [1.82, 2.24) is 46.6 Å². The summed E-state index contributed by atoms with van der Waals surface area (Å²) < 4.78 is 0. The van der Waals surface area contributed by atoms with Crippen LogP contribution in [0.5, 0.6) is 0 Å². The molecule has 0 unspecified atom stereocenters. The van der Waals surface area contributed by atoms with Gasteiger partial charge in [0.1, 0.15) is 0 Å². The molecule has 0 atom stereocenters. The molecule has 10 heteroatoms. The first-order valence-electron chi connectivity index (χ1n) is 5.67. The Labute approximate surface area is 112 Å².